The van der Waals surface area contributed by atoms with Crippen LogP contribution in [0.4, 0.5) is 4.79 Å². The zero-order valence-electron chi connectivity index (χ0n) is 14.1. The summed E-state index contributed by atoms with van der Waals surface area (Å²) in [7, 11) is 1.31. The average Bonchev–Trinajstić information content (AvgIpc) is 2.44. The standard InChI is InChI=1S/C16H23ClN2O4/c1-10(8-19-15(21)23-16(2,3)4)6-13-12(14(20)22-5)7-11(17)9-18-13/h7,9-10H,6,8H2,1-5H3,(H,19,21)/t10-/m1/s1. The topological polar surface area (TPSA) is 77.5 Å². The normalized spacial score (nSPS) is 12.4. The van der Waals surface area contributed by atoms with Gasteiger partial charge in [0.05, 0.1) is 23.4 Å². The number of ether oxygens (including phenoxy) is 2. The fraction of sp³-hybridized carbons (Fsp3) is 0.562. The molecule has 0 aliphatic heterocycles. The van der Waals surface area contributed by atoms with Crippen LogP contribution in [-0.4, -0.2) is 36.3 Å². The van der Waals surface area contributed by atoms with Crippen LogP contribution >= 0.6 is 11.6 Å². The van der Waals surface area contributed by atoms with Crippen LogP contribution in [0, 0.1) is 5.92 Å². The van der Waals surface area contributed by atoms with Gasteiger partial charge in [-0.15, -0.1) is 0 Å². The first-order chi connectivity index (χ1) is 10.6. The van der Waals surface area contributed by atoms with Gasteiger partial charge in [0.2, 0.25) is 0 Å². The number of carbonyl (C=O) groups excluding carboxylic acids is 2. The molecule has 0 unspecified atom stereocenters. The highest BCUT2D eigenvalue weighted by Crippen LogP contribution is 2.17. The van der Waals surface area contributed by atoms with Crippen molar-refractivity contribution in [1.82, 2.24) is 10.3 Å². The van der Waals surface area contributed by atoms with Gasteiger partial charge in [0, 0.05) is 12.7 Å². The van der Waals surface area contributed by atoms with E-state index in [-0.39, 0.29) is 5.92 Å². The summed E-state index contributed by atoms with van der Waals surface area (Å²) in [5.74, 6) is -0.429. The number of aromatic nitrogens is 1. The number of methoxy groups -OCH3 is 1. The Morgan fingerprint density at radius 1 is 1.39 bits per heavy atom. The molecular weight excluding hydrogens is 320 g/mol. The van der Waals surface area contributed by atoms with Gasteiger partial charge in [-0.25, -0.2) is 9.59 Å². The molecule has 0 aliphatic carbocycles. The van der Waals surface area contributed by atoms with E-state index in [1.54, 1.807) is 20.8 Å². The molecule has 1 atom stereocenters. The van der Waals surface area contributed by atoms with Crippen molar-refractivity contribution in [3.63, 3.8) is 0 Å². The van der Waals surface area contributed by atoms with Crippen LogP contribution in [0.3, 0.4) is 0 Å². The van der Waals surface area contributed by atoms with Gasteiger partial charge in [-0.05, 0) is 39.2 Å². The van der Waals surface area contributed by atoms with E-state index in [1.807, 2.05) is 6.92 Å². The highest BCUT2D eigenvalue weighted by Gasteiger charge is 2.19. The SMILES string of the molecule is COC(=O)c1cc(Cl)cnc1C[C@@H](C)CNC(=O)OC(C)(C)C. The molecule has 23 heavy (non-hydrogen) atoms. The molecule has 1 aromatic rings. The summed E-state index contributed by atoms with van der Waals surface area (Å²) in [5.41, 5.74) is 0.382. The minimum absolute atomic E-state index is 0.0552. The Bertz CT molecular complexity index is 570. The molecular formula is C16H23ClN2O4. The number of hydrogen-bond donors (Lipinski definition) is 1. The molecule has 1 N–H and O–H groups in total. The van der Waals surface area contributed by atoms with E-state index in [2.05, 4.69) is 10.3 Å². The first-order valence-corrected chi connectivity index (χ1v) is 7.69. The maximum absolute atomic E-state index is 11.8. The van der Waals surface area contributed by atoms with Crippen molar-refractivity contribution in [2.75, 3.05) is 13.7 Å². The van der Waals surface area contributed by atoms with Gasteiger partial charge in [0.1, 0.15) is 5.60 Å². The van der Waals surface area contributed by atoms with Crippen molar-refractivity contribution in [1.29, 1.82) is 0 Å². The van der Waals surface area contributed by atoms with Gasteiger partial charge in [-0.1, -0.05) is 18.5 Å². The molecule has 1 heterocycles. The maximum Gasteiger partial charge on any atom is 0.407 e. The fourth-order valence-electron chi connectivity index (χ4n) is 1.89. The zero-order valence-corrected chi connectivity index (χ0v) is 14.9. The number of pyridine rings is 1. The van der Waals surface area contributed by atoms with E-state index >= 15 is 0 Å². The Hall–Kier alpha value is -1.82. The van der Waals surface area contributed by atoms with Gasteiger partial charge in [-0.2, -0.15) is 0 Å². The Morgan fingerprint density at radius 2 is 2.04 bits per heavy atom. The molecule has 0 aromatic carbocycles. The van der Waals surface area contributed by atoms with E-state index in [9.17, 15) is 9.59 Å². The number of amides is 1. The number of rotatable bonds is 5. The van der Waals surface area contributed by atoms with E-state index < -0.39 is 17.7 Å². The second-order valence-corrected chi connectivity index (χ2v) is 6.77. The lowest BCUT2D eigenvalue weighted by atomic mass is 10.0. The lowest BCUT2D eigenvalue weighted by molar-refractivity contribution is 0.0518. The molecule has 0 fully saturated rings. The number of hydrogen-bond acceptors (Lipinski definition) is 5. The molecule has 0 bridgehead atoms. The summed E-state index contributed by atoms with van der Waals surface area (Å²) in [6.07, 6.45) is 1.51. The lowest BCUT2D eigenvalue weighted by Crippen LogP contribution is -2.35. The molecule has 1 amide bonds. The fourth-order valence-corrected chi connectivity index (χ4v) is 2.05. The van der Waals surface area contributed by atoms with E-state index in [0.717, 1.165) is 0 Å². The van der Waals surface area contributed by atoms with E-state index in [0.29, 0.717) is 29.2 Å². The smallest absolute Gasteiger partial charge is 0.407 e. The number of carbonyl (C=O) groups is 2. The molecule has 0 radical (unpaired) electrons. The molecule has 1 rings (SSSR count). The van der Waals surface area contributed by atoms with Crippen LogP contribution in [0.2, 0.25) is 5.02 Å². The quantitative estimate of drug-likeness (QED) is 0.831. The van der Waals surface area contributed by atoms with Crippen LogP contribution in [-0.2, 0) is 15.9 Å². The van der Waals surface area contributed by atoms with Gasteiger partial charge >= 0.3 is 12.1 Å². The number of nitrogens with one attached hydrogen (secondary N) is 1. The summed E-state index contributed by atoms with van der Waals surface area (Å²) in [4.78, 5) is 27.6. The second kappa shape index (κ2) is 8.15. The van der Waals surface area contributed by atoms with Crippen LogP contribution in [0.1, 0.15) is 43.7 Å². The Kier molecular flexibility index (Phi) is 6.81. The number of alkyl carbamates (subject to hydrolysis) is 1. The molecule has 0 spiro atoms. The lowest BCUT2D eigenvalue weighted by Gasteiger charge is -2.21. The average molecular weight is 343 g/mol. The van der Waals surface area contributed by atoms with Crippen LogP contribution in [0.25, 0.3) is 0 Å². The highest BCUT2D eigenvalue weighted by molar-refractivity contribution is 6.30. The Morgan fingerprint density at radius 3 is 2.61 bits per heavy atom. The number of halogens is 1. The van der Waals surface area contributed by atoms with Crippen LogP contribution in [0.5, 0.6) is 0 Å². The summed E-state index contributed by atoms with van der Waals surface area (Å²) < 4.78 is 9.92. The first kappa shape index (κ1) is 19.2. The maximum atomic E-state index is 11.8. The van der Waals surface area contributed by atoms with Crippen molar-refractivity contribution < 1.29 is 19.1 Å². The zero-order chi connectivity index (χ0) is 17.6. The van der Waals surface area contributed by atoms with Crippen molar-refractivity contribution >= 4 is 23.7 Å². The molecule has 7 heteroatoms. The minimum Gasteiger partial charge on any atom is -0.465 e. The van der Waals surface area contributed by atoms with Gasteiger partial charge in [0.15, 0.2) is 0 Å². The third-order valence-electron chi connectivity index (χ3n) is 2.88. The molecule has 0 aliphatic rings. The summed E-state index contributed by atoms with van der Waals surface area (Å²) in [6.45, 7) is 7.75. The molecule has 6 nitrogen and oxygen atoms in total. The molecule has 0 saturated carbocycles. The second-order valence-electron chi connectivity index (χ2n) is 6.33. The van der Waals surface area contributed by atoms with Crippen molar-refractivity contribution in [3.8, 4) is 0 Å². The summed E-state index contributed by atoms with van der Waals surface area (Å²) >= 11 is 5.87. The molecule has 128 valence electrons. The third kappa shape index (κ3) is 6.86. The van der Waals surface area contributed by atoms with Crippen molar-refractivity contribution in [2.24, 2.45) is 5.92 Å². The third-order valence-corrected chi connectivity index (χ3v) is 3.08. The minimum atomic E-state index is -0.539. The summed E-state index contributed by atoms with van der Waals surface area (Å²) in [5, 5.41) is 3.07. The van der Waals surface area contributed by atoms with Crippen LogP contribution in [0.15, 0.2) is 12.3 Å². The highest BCUT2D eigenvalue weighted by atomic mass is 35.5. The van der Waals surface area contributed by atoms with Gasteiger partial charge in [-0.3, -0.25) is 4.98 Å². The largest absolute Gasteiger partial charge is 0.465 e. The number of nitrogens with zero attached hydrogens (tertiary/aromatic N) is 1. The van der Waals surface area contributed by atoms with E-state index in [1.165, 1.54) is 19.4 Å². The number of esters is 1. The molecule has 0 saturated heterocycles. The van der Waals surface area contributed by atoms with Crippen LogP contribution < -0.4 is 5.32 Å². The Labute approximate surface area is 141 Å². The predicted octanol–water partition coefficient (Wildman–Crippen LogP) is 3.22. The predicted molar refractivity (Wildman–Crippen MR) is 87.7 cm³/mol. The first-order valence-electron chi connectivity index (χ1n) is 7.32. The van der Waals surface area contributed by atoms with Crippen molar-refractivity contribution in [2.45, 2.75) is 39.7 Å². The summed E-state index contributed by atoms with van der Waals surface area (Å²) in [6, 6.07) is 1.53. The van der Waals surface area contributed by atoms with E-state index in [4.69, 9.17) is 21.1 Å². The van der Waals surface area contributed by atoms with Gasteiger partial charge in [0.25, 0.3) is 0 Å². The molecule has 1 aromatic heterocycles. The monoisotopic (exact) mass is 342 g/mol. The van der Waals surface area contributed by atoms with Gasteiger partial charge < -0.3 is 14.8 Å². The Balaban J connectivity index is 2.66. The van der Waals surface area contributed by atoms with Crippen molar-refractivity contribution in [3.05, 3.63) is 28.5 Å².